The van der Waals surface area contributed by atoms with Crippen molar-refractivity contribution in [1.29, 1.82) is 0 Å². The minimum absolute atomic E-state index is 0.00365. The second-order valence-corrected chi connectivity index (χ2v) is 6.50. The van der Waals surface area contributed by atoms with Crippen molar-refractivity contribution < 1.29 is 24.5 Å². The second kappa shape index (κ2) is 7.09. The van der Waals surface area contributed by atoms with Crippen LogP contribution in [0.5, 0.6) is 17.2 Å². The average Bonchev–Trinajstić information content (AvgIpc) is 2.57. The van der Waals surface area contributed by atoms with E-state index >= 15 is 0 Å². The molecular weight excluding hydrogens is 404 g/mol. The van der Waals surface area contributed by atoms with Crippen LogP contribution in [0.25, 0.3) is 5.57 Å². The molecule has 0 fully saturated rings. The molecule has 2 amide bonds. The van der Waals surface area contributed by atoms with Gasteiger partial charge in [-0.2, -0.15) is 0 Å². The van der Waals surface area contributed by atoms with E-state index in [-0.39, 0.29) is 23.8 Å². The summed E-state index contributed by atoms with van der Waals surface area (Å²) in [5, 5.41) is 24.9. The summed E-state index contributed by atoms with van der Waals surface area (Å²) in [5.41, 5.74) is 1.81. The predicted molar refractivity (Wildman–Crippen MR) is 97.8 cm³/mol. The van der Waals surface area contributed by atoms with Gasteiger partial charge in [-0.05, 0) is 35.9 Å². The Hall–Kier alpha value is -3.00. The highest BCUT2D eigenvalue weighted by Crippen LogP contribution is 2.36. The molecule has 134 valence electrons. The number of fused-ring (bicyclic) bond motifs is 1. The molecule has 0 bridgehead atoms. The molecule has 2 aromatic rings. The molecule has 0 atom stereocenters. The lowest BCUT2D eigenvalue weighted by atomic mass is 9.95. The van der Waals surface area contributed by atoms with Gasteiger partial charge in [0.05, 0.1) is 12.7 Å². The number of rotatable bonds is 4. The third kappa shape index (κ3) is 3.36. The number of hydrogen-bond acceptors (Lipinski definition) is 6. The molecule has 0 saturated heterocycles. The number of carbonyl (C=O) groups excluding carboxylic acids is 2. The first-order chi connectivity index (χ1) is 12.4. The number of phenols is 2. The third-order valence-corrected chi connectivity index (χ3v) is 4.35. The topological polar surface area (TPSA) is 108 Å². The van der Waals surface area contributed by atoms with Gasteiger partial charge in [0.1, 0.15) is 0 Å². The fourth-order valence-electron chi connectivity index (χ4n) is 2.68. The molecule has 0 saturated carbocycles. The predicted octanol–water partition coefficient (Wildman–Crippen LogP) is 2.27. The Morgan fingerprint density at radius 2 is 1.81 bits per heavy atom. The minimum atomic E-state index is -0.506. The maximum atomic E-state index is 12.2. The van der Waals surface area contributed by atoms with E-state index in [0.717, 1.165) is 4.47 Å². The first-order valence-electron chi connectivity index (χ1n) is 7.58. The van der Waals surface area contributed by atoms with Crippen LogP contribution in [0.2, 0.25) is 0 Å². The molecule has 0 aliphatic carbocycles. The molecule has 0 spiro atoms. The standard InChI is InChI=1S/C18H15BrN2O5/c1-26-16-14(22)4-9(5-15(16)23)7-20-8-13-12-6-10(19)2-3-11(12)17(24)21-18(13)25/h2-6,8,20,22-23H,7H2,1H3,(H,21,24,25)/b13-8-. The lowest BCUT2D eigenvalue weighted by molar-refractivity contribution is -0.114. The molecule has 3 rings (SSSR count). The molecule has 1 aliphatic heterocycles. The molecule has 1 heterocycles. The van der Waals surface area contributed by atoms with Crippen LogP contribution < -0.4 is 15.4 Å². The fourth-order valence-corrected chi connectivity index (χ4v) is 3.04. The smallest absolute Gasteiger partial charge is 0.260 e. The average molecular weight is 419 g/mol. The number of benzene rings is 2. The number of carbonyl (C=O) groups is 2. The van der Waals surface area contributed by atoms with Crippen LogP contribution >= 0.6 is 15.9 Å². The zero-order valence-corrected chi connectivity index (χ0v) is 15.3. The van der Waals surface area contributed by atoms with Gasteiger partial charge in [-0.25, -0.2) is 0 Å². The van der Waals surface area contributed by atoms with Gasteiger partial charge in [0.15, 0.2) is 11.5 Å². The monoisotopic (exact) mass is 418 g/mol. The number of imide groups is 1. The third-order valence-electron chi connectivity index (χ3n) is 3.85. The van der Waals surface area contributed by atoms with Gasteiger partial charge in [0.25, 0.3) is 11.8 Å². The molecule has 2 aromatic carbocycles. The van der Waals surface area contributed by atoms with Crippen LogP contribution in [0.3, 0.4) is 0 Å². The van der Waals surface area contributed by atoms with E-state index in [1.165, 1.54) is 25.4 Å². The number of hydrogen-bond donors (Lipinski definition) is 4. The van der Waals surface area contributed by atoms with Crippen molar-refractivity contribution in [2.75, 3.05) is 7.11 Å². The quantitative estimate of drug-likeness (QED) is 0.448. The van der Waals surface area contributed by atoms with Crippen molar-refractivity contribution in [3.8, 4) is 17.2 Å². The largest absolute Gasteiger partial charge is 0.504 e. The Kier molecular flexibility index (Phi) is 4.85. The van der Waals surface area contributed by atoms with Crippen molar-refractivity contribution in [3.05, 3.63) is 57.7 Å². The van der Waals surface area contributed by atoms with Gasteiger partial charge in [-0.15, -0.1) is 0 Å². The maximum absolute atomic E-state index is 12.2. The molecular formula is C18H15BrN2O5. The van der Waals surface area contributed by atoms with Gasteiger partial charge < -0.3 is 20.3 Å². The molecule has 0 aromatic heterocycles. The molecule has 8 heteroatoms. The minimum Gasteiger partial charge on any atom is -0.504 e. The number of halogens is 1. The Balaban J connectivity index is 1.85. The van der Waals surface area contributed by atoms with E-state index in [9.17, 15) is 19.8 Å². The zero-order valence-electron chi connectivity index (χ0n) is 13.7. The summed E-state index contributed by atoms with van der Waals surface area (Å²) in [7, 11) is 1.34. The number of nitrogens with one attached hydrogen (secondary N) is 2. The molecule has 7 nitrogen and oxygen atoms in total. The number of phenolic OH excluding ortho intramolecular Hbond substituents is 2. The van der Waals surface area contributed by atoms with Crippen LogP contribution in [0, 0.1) is 0 Å². The second-order valence-electron chi connectivity index (χ2n) is 5.58. The summed E-state index contributed by atoms with van der Waals surface area (Å²) < 4.78 is 5.63. The Labute approximate surface area is 157 Å². The molecule has 1 aliphatic rings. The SMILES string of the molecule is COc1c(O)cc(CN/C=C2\C(=O)NC(=O)c3ccc(Br)cc32)cc1O. The highest BCUT2D eigenvalue weighted by Gasteiger charge is 2.27. The molecule has 0 unspecified atom stereocenters. The summed E-state index contributed by atoms with van der Waals surface area (Å²) in [6.07, 6.45) is 1.49. The maximum Gasteiger partial charge on any atom is 0.260 e. The van der Waals surface area contributed by atoms with E-state index in [4.69, 9.17) is 4.74 Å². The summed E-state index contributed by atoms with van der Waals surface area (Å²) >= 11 is 3.33. The van der Waals surface area contributed by atoms with Crippen molar-refractivity contribution in [2.24, 2.45) is 0 Å². The molecule has 0 radical (unpaired) electrons. The number of methoxy groups -OCH3 is 1. The van der Waals surface area contributed by atoms with Crippen LogP contribution in [-0.2, 0) is 11.3 Å². The van der Waals surface area contributed by atoms with Gasteiger partial charge in [-0.3, -0.25) is 14.9 Å². The van der Waals surface area contributed by atoms with E-state index in [1.54, 1.807) is 18.2 Å². The van der Waals surface area contributed by atoms with Crippen LogP contribution in [-0.4, -0.2) is 29.1 Å². The van der Waals surface area contributed by atoms with Gasteiger partial charge in [0.2, 0.25) is 5.75 Å². The summed E-state index contributed by atoms with van der Waals surface area (Å²) in [5.74, 6) is -1.33. The molecule has 26 heavy (non-hydrogen) atoms. The lowest BCUT2D eigenvalue weighted by Gasteiger charge is -2.18. The number of amides is 2. The summed E-state index contributed by atoms with van der Waals surface area (Å²) in [6.45, 7) is 0.235. The van der Waals surface area contributed by atoms with E-state index < -0.39 is 11.8 Å². The number of aromatic hydroxyl groups is 2. The van der Waals surface area contributed by atoms with Gasteiger partial charge >= 0.3 is 0 Å². The first-order valence-corrected chi connectivity index (χ1v) is 8.38. The number of ether oxygens (including phenoxy) is 1. The zero-order chi connectivity index (χ0) is 18.8. The van der Waals surface area contributed by atoms with Crippen LogP contribution in [0.4, 0.5) is 0 Å². The van der Waals surface area contributed by atoms with Gasteiger partial charge in [0, 0.05) is 28.3 Å². The van der Waals surface area contributed by atoms with E-state index in [2.05, 4.69) is 26.6 Å². The Morgan fingerprint density at radius 3 is 2.46 bits per heavy atom. The van der Waals surface area contributed by atoms with Crippen molar-refractivity contribution >= 4 is 33.3 Å². The first kappa shape index (κ1) is 17.8. The summed E-state index contributed by atoms with van der Waals surface area (Å²) in [4.78, 5) is 24.1. The van der Waals surface area contributed by atoms with E-state index in [1.807, 2.05) is 0 Å². The highest BCUT2D eigenvalue weighted by molar-refractivity contribution is 9.10. The Bertz CT molecular complexity index is 916. The van der Waals surface area contributed by atoms with Gasteiger partial charge in [-0.1, -0.05) is 15.9 Å². The lowest BCUT2D eigenvalue weighted by Crippen LogP contribution is -2.37. The van der Waals surface area contributed by atoms with Crippen molar-refractivity contribution in [3.63, 3.8) is 0 Å². The van der Waals surface area contributed by atoms with Crippen LogP contribution in [0.1, 0.15) is 21.5 Å². The highest BCUT2D eigenvalue weighted by atomic mass is 79.9. The summed E-state index contributed by atoms with van der Waals surface area (Å²) in [6, 6.07) is 7.94. The normalized spacial score (nSPS) is 14.8. The van der Waals surface area contributed by atoms with E-state index in [0.29, 0.717) is 22.3 Å². The fraction of sp³-hybridized carbons (Fsp3) is 0.111. The Morgan fingerprint density at radius 1 is 1.12 bits per heavy atom. The van der Waals surface area contributed by atoms with Crippen molar-refractivity contribution in [1.82, 2.24) is 10.6 Å². The van der Waals surface area contributed by atoms with Crippen molar-refractivity contribution in [2.45, 2.75) is 6.54 Å². The molecule has 4 N–H and O–H groups in total. The van der Waals surface area contributed by atoms with Crippen LogP contribution in [0.15, 0.2) is 41.0 Å².